The number of halogens is 1. The van der Waals surface area contributed by atoms with Crippen molar-refractivity contribution in [3.63, 3.8) is 0 Å². The molecule has 0 fully saturated rings. The first-order valence-electron chi connectivity index (χ1n) is 8.17. The monoisotopic (exact) mass is 438 g/mol. The Balaban J connectivity index is 2.17. The minimum Gasteiger partial charge on any atom is -0.348 e. The third-order valence-electron chi connectivity index (χ3n) is 4.05. The average molecular weight is 439 g/mol. The van der Waals surface area contributed by atoms with Gasteiger partial charge in [0.1, 0.15) is 6.54 Å². The maximum absolute atomic E-state index is 12.5. The zero-order valence-electron chi connectivity index (χ0n) is 15.3. The quantitative estimate of drug-likeness (QED) is 0.747. The Bertz CT molecular complexity index is 913. The van der Waals surface area contributed by atoms with Crippen molar-refractivity contribution in [2.75, 3.05) is 17.1 Å². The van der Waals surface area contributed by atoms with Crippen LogP contribution in [0.25, 0.3) is 0 Å². The van der Waals surface area contributed by atoms with Crippen molar-refractivity contribution in [1.82, 2.24) is 5.32 Å². The van der Waals surface area contributed by atoms with Gasteiger partial charge >= 0.3 is 0 Å². The first-order chi connectivity index (χ1) is 12.1. The Kier molecular flexibility index (Phi) is 6.47. The lowest BCUT2D eigenvalue weighted by Crippen LogP contribution is -2.41. The number of carbonyl (C=O) groups is 1. The van der Waals surface area contributed by atoms with E-state index in [4.69, 9.17) is 0 Å². The van der Waals surface area contributed by atoms with E-state index in [0.29, 0.717) is 5.69 Å². The molecule has 0 saturated carbocycles. The smallest absolute Gasteiger partial charge is 0.241 e. The summed E-state index contributed by atoms with van der Waals surface area (Å²) in [5, 5.41) is 2.89. The zero-order chi connectivity index (χ0) is 19.5. The van der Waals surface area contributed by atoms with Gasteiger partial charge in [0, 0.05) is 4.47 Å². The predicted octanol–water partition coefficient (Wildman–Crippen LogP) is 3.71. The summed E-state index contributed by atoms with van der Waals surface area (Å²) in [5.41, 5.74) is 3.70. The van der Waals surface area contributed by atoms with Crippen LogP contribution in [-0.2, 0) is 14.8 Å². The van der Waals surface area contributed by atoms with Crippen LogP contribution >= 0.6 is 15.9 Å². The first kappa shape index (κ1) is 20.5. The maximum atomic E-state index is 12.5. The number of aryl methyl sites for hydroxylation is 2. The molecule has 1 atom stereocenters. The van der Waals surface area contributed by atoms with Crippen LogP contribution in [0.1, 0.15) is 29.7 Å². The third-order valence-corrected chi connectivity index (χ3v) is 5.69. The highest BCUT2D eigenvalue weighted by Crippen LogP contribution is 2.22. The molecule has 2 rings (SSSR count). The van der Waals surface area contributed by atoms with E-state index in [-0.39, 0.29) is 18.5 Å². The van der Waals surface area contributed by atoms with Crippen molar-refractivity contribution >= 4 is 37.5 Å². The SMILES string of the molecule is Cc1ccc(C(C)NC(=O)CN(c2cccc(Br)c2)S(C)(=O)=O)c(C)c1. The molecule has 140 valence electrons. The molecule has 0 aliphatic rings. The first-order valence-corrected chi connectivity index (χ1v) is 10.8. The summed E-state index contributed by atoms with van der Waals surface area (Å²) >= 11 is 3.33. The van der Waals surface area contributed by atoms with Gasteiger partial charge < -0.3 is 5.32 Å². The van der Waals surface area contributed by atoms with E-state index >= 15 is 0 Å². The minimum absolute atomic E-state index is 0.216. The van der Waals surface area contributed by atoms with E-state index in [1.54, 1.807) is 24.3 Å². The summed E-state index contributed by atoms with van der Waals surface area (Å²) in [4.78, 5) is 12.5. The van der Waals surface area contributed by atoms with Gasteiger partial charge in [-0.3, -0.25) is 9.10 Å². The molecule has 7 heteroatoms. The number of benzene rings is 2. The van der Waals surface area contributed by atoms with Gasteiger partial charge in [-0.2, -0.15) is 0 Å². The second-order valence-corrected chi connectivity index (χ2v) is 9.22. The Morgan fingerprint density at radius 2 is 1.88 bits per heavy atom. The van der Waals surface area contributed by atoms with Gasteiger partial charge in [0.05, 0.1) is 18.0 Å². The Hall–Kier alpha value is -1.86. The molecule has 2 aromatic rings. The predicted molar refractivity (Wildman–Crippen MR) is 109 cm³/mol. The van der Waals surface area contributed by atoms with Gasteiger partial charge in [0.2, 0.25) is 15.9 Å². The molecule has 2 aromatic carbocycles. The van der Waals surface area contributed by atoms with Gasteiger partial charge in [-0.05, 0) is 50.1 Å². The van der Waals surface area contributed by atoms with E-state index in [0.717, 1.165) is 31.7 Å². The molecule has 5 nitrogen and oxygen atoms in total. The lowest BCUT2D eigenvalue weighted by molar-refractivity contribution is -0.120. The minimum atomic E-state index is -3.59. The van der Waals surface area contributed by atoms with Gasteiger partial charge in [0.25, 0.3) is 0 Å². The number of rotatable bonds is 6. The van der Waals surface area contributed by atoms with E-state index < -0.39 is 10.0 Å². The van der Waals surface area contributed by atoms with Crippen molar-refractivity contribution < 1.29 is 13.2 Å². The number of hydrogen-bond donors (Lipinski definition) is 1. The number of nitrogens with one attached hydrogen (secondary N) is 1. The van der Waals surface area contributed by atoms with Crippen LogP contribution in [0.3, 0.4) is 0 Å². The molecule has 26 heavy (non-hydrogen) atoms. The normalized spacial score (nSPS) is 12.5. The van der Waals surface area contributed by atoms with Crippen LogP contribution in [0, 0.1) is 13.8 Å². The van der Waals surface area contributed by atoms with Crippen molar-refractivity contribution in [3.8, 4) is 0 Å². The highest BCUT2D eigenvalue weighted by molar-refractivity contribution is 9.10. The van der Waals surface area contributed by atoms with Crippen LogP contribution in [0.2, 0.25) is 0 Å². The summed E-state index contributed by atoms with van der Waals surface area (Å²) in [6.07, 6.45) is 1.09. The second-order valence-electron chi connectivity index (χ2n) is 6.40. The van der Waals surface area contributed by atoms with E-state index in [1.807, 2.05) is 32.9 Å². The topological polar surface area (TPSA) is 66.5 Å². The Morgan fingerprint density at radius 3 is 2.46 bits per heavy atom. The summed E-state index contributed by atoms with van der Waals surface area (Å²) in [6, 6.07) is 12.7. The fourth-order valence-electron chi connectivity index (χ4n) is 2.84. The number of sulfonamides is 1. The fraction of sp³-hybridized carbons (Fsp3) is 0.316. The zero-order valence-corrected chi connectivity index (χ0v) is 17.7. The van der Waals surface area contributed by atoms with Crippen LogP contribution in [-0.4, -0.2) is 27.1 Å². The number of hydrogen-bond acceptors (Lipinski definition) is 3. The lowest BCUT2D eigenvalue weighted by atomic mass is 10.0. The second kappa shape index (κ2) is 8.22. The van der Waals surface area contributed by atoms with Crippen LogP contribution in [0.15, 0.2) is 46.9 Å². The van der Waals surface area contributed by atoms with Gasteiger partial charge in [-0.15, -0.1) is 0 Å². The summed E-state index contributed by atoms with van der Waals surface area (Å²) in [6.45, 7) is 5.63. The summed E-state index contributed by atoms with van der Waals surface area (Å²) in [5.74, 6) is -0.358. The maximum Gasteiger partial charge on any atom is 0.241 e. The molecule has 1 amide bonds. The van der Waals surface area contributed by atoms with Crippen LogP contribution in [0.5, 0.6) is 0 Å². The summed E-state index contributed by atoms with van der Waals surface area (Å²) in [7, 11) is -3.59. The third kappa shape index (κ3) is 5.32. The molecule has 0 spiro atoms. The molecule has 0 aromatic heterocycles. The molecule has 0 heterocycles. The van der Waals surface area contributed by atoms with E-state index in [1.165, 1.54) is 0 Å². The standard InChI is InChI=1S/C19H23BrN2O3S/c1-13-8-9-18(14(2)10-13)15(3)21-19(23)12-22(26(4,24)25)17-7-5-6-16(20)11-17/h5-11,15H,12H2,1-4H3,(H,21,23). The van der Waals surface area contributed by atoms with E-state index in [2.05, 4.69) is 27.3 Å². The van der Waals surface area contributed by atoms with Crippen LogP contribution in [0.4, 0.5) is 5.69 Å². The number of anilines is 1. The van der Waals surface area contributed by atoms with Gasteiger partial charge in [0.15, 0.2) is 0 Å². The molecular weight excluding hydrogens is 416 g/mol. The molecule has 0 bridgehead atoms. The van der Waals surface area contributed by atoms with Gasteiger partial charge in [-0.25, -0.2) is 8.42 Å². The largest absolute Gasteiger partial charge is 0.348 e. The number of nitrogens with zero attached hydrogens (tertiary/aromatic N) is 1. The van der Waals surface area contributed by atoms with E-state index in [9.17, 15) is 13.2 Å². The summed E-state index contributed by atoms with van der Waals surface area (Å²) < 4.78 is 26.2. The lowest BCUT2D eigenvalue weighted by Gasteiger charge is -2.24. The molecule has 1 unspecified atom stereocenters. The van der Waals surface area contributed by atoms with Crippen molar-refractivity contribution in [3.05, 3.63) is 63.6 Å². The molecule has 0 aliphatic carbocycles. The number of carbonyl (C=O) groups excluding carboxylic acids is 1. The fourth-order valence-corrected chi connectivity index (χ4v) is 4.07. The Morgan fingerprint density at radius 1 is 1.19 bits per heavy atom. The molecule has 1 N–H and O–H groups in total. The molecule has 0 aliphatic heterocycles. The molecule has 0 saturated heterocycles. The van der Waals surface area contributed by atoms with Gasteiger partial charge in [-0.1, -0.05) is 45.8 Å². The van der Waals surface area contributed by atoms with Crippen molar-refractivity contribution in [1.29, 1.82) is 0 Å². The average Bonchev–Trinajstić information content (AvgIpc) is 2.51. The Labute approximate surface area is 163 Å². The van der Waals surface area contributed by atoms with Crippen molar-refractivity contribution in [2.45, 2.75) is 26.8 Å². The molecule has 0 radical (unpaired) electrons. The molecular formula is C19H23BrN2O3S. The number of amides is 1. The van der Waals surface area contributed by atoms with Crippen LogP contribution < -0.4 is 9.62 Å². The highest BCUT2D eigenvalue weighted by Gasteiger charge is 2.22. The highest BCUT2D eigenvalue weighted by atomic mass is 79.9. The van der Waals surface area contributed by atoms with Crippen molar-refractivity contribution in [2.24, 2.45) is 0 Å².